The van der Waals surface area contributed by atoms with Crippen molar-refractivity contribution in [1.29, 1.82) is 0 Å². The zero-order valence-electron chi connectivity index (χ0n) is 11.9. The van der Waals surface area contributed by atoms with Crippen molar-refractivity contribution in [3.8, 4) is 22.4 Å². The SMILES string of the molecule is O=NC1CCc2cc(-c3cn[nH]c3-c3ccncc3)ccc21. The van der Waals surface area contributed by atoms with Crippen LogP contribution in [0.1, 0.15) is 23.6 Å². The van der Waals surface area contributed by atoms with Crippen LogP contribution in [0.25, 0.3) is 22.4 Å². The highest BCUT2D eigenvalue weighted by Crippen LogP contribution is 2.38. The van der Waals surface area contributed by atoms with E-state index in [0.29, 0.717) is 0 Å². The van der Waals surface area contributed by atoms with Crippen LogP contribution in [0, 0.1) is 4.91 Å². The number of fused-ring (bicyclic) bond motifs is 1. The number of nitrogens with one attached hydrogen (secondary N) is 1. The zero-order chi connectivity index (χ0) is 14.9. The molecule has 0 fully saturated rings. The molecule has 0 saturated heterocycles. The number of hydrogen-bond acceptors (Lipinski definition) is 4. The second kappa shape index (κ2) is 5.18. The summed E-state index contributed by atoms with van der Waals surface area (Å²) in [5.74, 6) is 0. The summed E-state index contributed by atoms with van der Waals surface area (Å²) in [5, 5.41) is 10.5. The lowest BCUT2D eigenvalue weighted by Gasteiger charge is -2.07. The zero-order valence-corrected chi connectivity index (χ0v) is 11.9. The molecular formula is C17H14N4O. The van der Waals surface area contributed by atoms with Crippen LogP contribution in [-0.2, 0) is 6.42 Å². The fourth-order valence-electron chi connectivity index (χ4n) is 3.12. The number of H-pyrrole nitrogens is 1. The number of nitroso groups, excluding NO2 is 1. The molecule has 22 heavy (non-hydrogen) atoms. The van der Waals surface area contributed by atoms with E-state index >= 15 is 0 Å². The Morgan fingerprint density at radius 3 is 2.82 bits per heavy atom. The minimum absolute atomic E-state index is 0.187. The van der Waals surface area contributed by atoms with Crippen molar-refractivity contribution in [1.82, 2.24) is 15.2 Å². The van der Waals surface area contributed by atoms with Gasteiger partial charge < -0.3 is 0 Å². The molecule has 1 unspecified atom stereocenters. The normalized spacial score (nSPS) is 16.5. The molecule has 0 saturated carbocycles. The Morgan fingerprint density at radius 1 is 1.14 bits per heavy atom. The van der Waals surface area contributed by atoms with Crippen LogP contribution in [0.2, 0.25) is 0 Å². The number of benzene rings is 1. The van der Waals surface area contributed by atoms with E-state index in [2.05, 4.69) is 26.4 Å². The van der Waals surface area contributed by atoms with E-state index in [9.17, 15) is 4.91 Å². The minimum atomic E-state index is -0.187. The molecule has 108 valence electrons. The van der Waals surface area contributed by atoms with Gasteiger partial charge >= 0.3 is 0 Å². The lowest BCUT2D eigenvalue weighted by Crippen LogP contribution is -1.89. The standard InChI is InChI=1S/C17H14N4O/c22-21-16-4-2-12-9-13(1-3-14(12)16)15-10-19-20-17(15)11-5-7-18-8-6-11/h1,3,5-10,16H,2,4H2,(H,19,20). The number of pyridine rings is 1. The topological polar surface area (TPSA) is 71.0 Å². The number of aromatic amines is 1. The predicted molar refractivity (Wildman–Crippen MR) is 84.1 cm³/mol. The van der Waals surface area contributed by atoms with Gasteiger partial charge in [0.1, 0.15) is 6.04 Å². The molecule has 1 aliphatic carbocycles. The van der Waals surface area contributed by atoms with Crippen LogP contribution in [-0.4, -0.2) is 15.2 Å². The molecule has 0 amide bonds. The van der Waals surface area contributed by atoms with E-state index in [1.165, 1.54) is 5.56 Å². The van der Waals surface area contributed by atoms with Gasteiger partial charge in [-0.05, 0) is 41.7 Å². The van der Waals surface area contributed by atoms with Gasteiger partial charge in [-0.2, -0.15) is 10.0 Å². The quantitative estimate of drug-likeness (QED) is 0.744. The monoisotopic (exact) mass is 290 g/mol. The Labute approximate surface area is 127 Å². The van der Waals surface area contributed by atoms with Gasteiger partial charge in [-0.25, -0.2) is 0 Å². The molecule has 0 spiro atoms. The van der Waals surface area contributed by atoms with Crippen LogP contribution < -0.4 is 0 Å². The van der Waals surface area contributed by atoms with Crippen LogP contribution in [0.15, 0.2) is 54.1 Å². The van der Waals surface area contributed by atoms with Crippen molar-refractivity contribution in [3.05, 3.63) is 65.0 Å². The van der Waals surface area contributed by atoms with Gasteiger partial charge in [0.25, 0.3) is 0 Å². The van der Waals surface area contributed by atoms with Crippen LogP contribution >= 0.6 is 0 Å². The van der Waals surface area contributed by atoms with Crippen LogP contribution in [0.5, 0.6) is 0 Å². The van der Waals surface area contributed by atoms with Gasteiger partial charge in [0.2, 0.25) is 0 Å². The third-order valence-corrected chi connectivity index (χ3v) is 4.24. The molecule has 1 aliphatic rings. The number of nitrogens with zero attached hydrogens (tertiary/aromatic N) is 3. The van der Waals surface area contributed by atoms with Crippen molar-refractivity contribution in [3.63, 3.8) is 0 Å². The van der Waals surface area contributed by atoms with Crippen molar-refractivity contribution < 1.29 is 0 Å². The van der Waals surface area contributed by atoms with Gasteiger partial charge in [0.15, 0.2) is 0 Å². The van der Waals surface area contributed by atoms with E-state index in [0.717, 1.165) is 40.8 Å². The van der Waals surface area contributed by atoms with E-state index in [1.54, 1.807) is 12.4 Å². The molecule has 4 rings (SSSR count). The van der Waals surface area contributed by atoms with Gasteiger partial charge in [-0.3, -0.25) is 10.1 Å². The third kappa shape index (κ3) is 2.02. The second-order valence-corrected chi connectivity index (χ2v) is 5.47. The molecule has 5 heteroatoms. The Kier molecular flexibility index (Phi) is 3.04. The first-order chi connectivity index (χ1) is 10.9. The number of hydrogen-bond donors (Lipinski definition) is 1. The van der Waals surface area contributed by atoms with Crippen molar-refractivity contribution in [2.45, 2.75) is 18.9 Å². The highest BCUT2D eigenvalue weighted by atomic mass is 16.3. The summed E-state index contributed by atoms with van der Waals surface area (Å²) in [6.07, 6.45) is 7.08. The number of rotatable bonds is 3. The van der Waals surface area contributed by atoms with E-state index < -0.39 is 0 Å². The summed E-state index contributed by atoms with van der Waals surface area (Å²) < 4.78 is 0. The molecule has 5 nitrogen and oxygen atoms in total. The molecule has 0 radical (unpaired) electrons. The van der Waals surface area contributed by atoms with Crippen LogP contribution in [0.4, 0.5) is 0 Å². The highest BCUT2D eigenvalue weighted by molar-refractivity contribution is 5.80. The number of aromatic nitrogens is 3. The van der Waals surface area contributed by atoms with E-state index in [-0.39, 0.29) is 6.04 Å². The average Bonchev–Trinajstić information content (AvgIpc) is 3.21. The maximum Gasteiger partial charge on any atom is 0.117 e. The predicted octanol–water partition coefficient (Wildman–Crippen LogP) is 3.89. The van der Waals surface area contributed by atoms with E-state index in [1.807, 2.05) is 30.5 Å². The summed E-state index contributed by atoms with van der Waals surface area (Å²) in [4.78, 5) is 14.9. The molecule has 3 aromatic rings. The third-order valence-electron chi connectivity index (χ3n) is 4.24. The molecule has 1 N–H and O–H groups in total. The molecule has 0 bridgehead atoms. The lowest BCUT2D eigenvalue weighted by atomic mass is 9.98. The maximum absolute atomic E-state index is 10.9. The summed E-state index contributed by atoms with van der Waals surface area (Å²) in [6, 6.07) is 9.93. The highest BCUT2D eigenvalue weighted by Gasteiger charge is 2.23. The Morgan fingerprint density at radius 2 is 2.00 bits per heavy atom. The second-order valence-electron chi connectivity index (χ2n) is 5.47. The van der Waals surface area contributed by atoms with Crippen molar-refractivity contribution in [2.75, 3.05) is 0 Å². The molecule has 2 heterocycles. The first-order valence-corrected chi connectivity index (χ1v) is 7.26. The minimum Gasteiger partial charge on any atom is -0.277 e. The molecule has 1 atom stereocenters. The summed E-state index contributed by atoms with van der Waals surface area (Å²) >= 11 is 0. The maximum atomic E-state index is 10.9. The first kappa shape index (κ1) is 12.9. The average molecular weight is 290 g/mol. The fourth-order valence-corrected chi connectivity index (χ4v) is 3.12. The smallest absolute Gasteiger partial charge is 0.117 e. The molecule has 0 aliphatic heterocycles. The molecular weight excluding hydrogens is 276 g/mol. The van der Waals surface area contributed by atoms with Crippen molar-refractivity contribution in [2.24, 2.45) is 5.18 Å². The van der Waals surface area contributed by atoms with Gasteiger partial charge in [-0.1, -0.05) is 23.4 Å². The Hall–Kier alpha value is -2.82. The number of aryl methyl sites for hydroxylation is 1. The summed E-state index contributed by atoms with van der Waals surface area (Å²) in [7, 11) is 0. The van der Waals surface area contributed by atoms with Gasteiger partial charge in [-0.15, -0.1) is 0 Å². The summed E-state index contributed by atoms with van der Waals surface area (Å²) in [5.41, 5.74) is 6.46. The molecule has 1 aromatic carbocycles. The summed E-state index contributed by atoms with van der Waals surface area (Å²) in [6.45, 7) is 0. The Bertz CT molecular complexity index is 826. The largest absolute Gasteiger partial charge is 0.277 e. The van der Waals surface area contributed by atoms with Crippen molar-refractivity contribution >= 4 is 0 Å². The fraction of sp³-hybridized carbons (Fsp3) is 0.176. The van der Waals surface area contributed by atoms with Gasteiger partial charge in [0, 0.05) is 23.5 Å². The van der Waals surface area contributed by atoms with E-state index in [4.69, 9.17) is 0 Å². The Balaban J connectivity index is 1.79. The van der Waals surface area contributed by atoms with Gasteiger partial charge in [0.05, 0.1) is 11.9 Å². The first-order valence-electron chi connectivity index (χ1n) is 7.26. The lowest BCUT2D eigenvalue weighted by molar-refractivity contribution is 0.710. The van der Waals surface area contributed by atoms with Crippen LogP contribution in [0.3, 0.4) is 0 Å². The molecule has 2 aromatic heterocycles.